The summed E-state index contributed by atoms with van der Waals surface area (Å²) in [6, 6.07) is 14.5. The second-order valence-electron chi connectivity index (χ2n) is 6.71. The number of anilines is 1. The van der Waals surface area contributed by atoms with E-state index in [0.29, 0.717) is 42.9 Å². The number of carbonyl (C=O) groups excluding carboxylic acids is 1. The highest BCUT2D eigenvalue weighted by Crippen LogP contribution is 2.32. The first-order valence-corrected chi connectivity index (χ1v) is 8.99. The van der Waals surface area contributed by atoms with E-state index in [9.17, 15) is 18.0 Å². The largest absolute Gasteiger partial charge is 0.416 e. The Labute approximate surface area is 160 Å². The average molecular weight is 385 g/mol. The number of rotatable bonds is 2. The van der Waals surface area contributed by atoms with Gasteiger partial charge in [0.2, 0.25) is 0 Å². The van der Waals surface area contributed by atoms with Crippen LogP contribution in [0.25, 0.3) is 10.9 Å². The summed E-state index contributed by atoms with van der Waals surface area (Å²) in [6.45, 7) is 1.84. The number of fused-ring (bicyclic) bond motifs is 1. The van der Waals surface area contributed by atoms with Crippen molar-refractivity contribution in [1.29, 1.82) is 0 Å². The molecule has 0 aliphatic carbocycles. The van der Waals surface area contributed by atoms with Crippen molar-refractivity contribution in [1.82, 2.24) is 9.88 Å². The molecule has 144 valence electrons. The van der Waals surface area contributed by atoms with Gasteiger partial charge in [0, 0.05) is 43.4 Å². The van der Waals surface area contributed by atoms with Gasteiger partial charge in [-0.15, -0.1) is 0 Å². The zero-order valence-corrected chi connectivity index (χ0v) is 15.0. The third-order valence-corrected chi connectivity index (χ3v) is 4.97. The maximum Gasteiger partial charge on any atom is 0.416 e. The lowest BCUT2D eigenvalue weighted by Crippen LogP contribution is -2.48. The molecule has 1 aliphatic heterocycles. The summed E-state index contributed by atoms with van der Waals surface area (Å²) >= 11 is 0. The first kappa shape index (κ1) is 18.3. The van der Waals surface area contributed by atoms with E-state index >= 15 is 0 Å². The second kappa shape index (κ2) is 7.14. The fourth-order valence-electron chi connectivity index (χ4n) is 3.49. The normalized spacial score (nSPS) is 15.1. The van der Waals surface area contributed by atoms with E-state index in [0.717, 1.165) is 17.5 Å². The number of piperazine rings is 1. The smallest absolute Gasteiger partial charge is 0.368 e. The molecule has 2 aromatic carbocycles. The molecular weight excluding hydrogens is 367 g/mol. The zero-order valence-electron chi connectivity index (χ0n) is 15.0. The number of aromatic nitrogens is 1. The second-order valence-corrected chi connectivity index (χ2v) is 6.71. The molecule has 4 rings (SSSR count). The van der Waals surface area contributed by atoms with Crippen molar-refractivity contribution in [2.24, 2.45) is 0 Å². The standard InChI is InChI=1S/C21H18F3N3O/c22-21(23,24)16-6-2-7-17(14-16)26-10-12-27(13-11-26)20(28)18-8-1-4-15-5-3-9-25-19(15)18/h1-9,14H,10-13H2. The van der Waals surface area contributed by atoms with Crippen molar-refractivity contribution in [2.45, 2.75) is 6.18 Å². The number of alkyl halides is 3. The predicted molar refractivity (Wildman–Crippen MR) is 101 cm³/mol. The molecule has 2 heterocycles. The van der Waals surface area contributed by atoms with Crippen LogP contribution >= 0.6 is 0 Å². The van der Waals surface area contributed by atoms with Crippen LogP contribution in [-0.2, 0) is 6.18 Å². The lowest BCUT2D eigenvalue weighted by atomic mass is 10.1. The molecule has 4 nitrogen and oxygen atoms in total. The molecule has 0 atom stereocenters. The van der Waals surface area contributed by atoms with Gasteiger partial charge in [-0.25, -0.2) is 0 Å². The predicted octanol–water partition coefficient (Wildman–Crippen LogP) is 4.22. The van der Waals surface area contributed by atoms with Gasteiger partial charge < -0.3 is 9.80 Å². The van der Waals surface area contributed by atoms with E-state index in [4.69, 9.17) is 0 Å². The number of halogens is 3. The van der Waals surface area contributed by atoms with Crippen molar-refractivity contribution in [3.63, 3.8) is 0 Å². The van der Waals surface area contributed by atoms with Gasteiger partial charge in [0.05, 0.1) is 16.6 Å². The molecule has 1 fully saturated rings. The van der Waals surface area contributed by atoms with E-state index in [1.807, 2.05) is 29.2 Å². The third kappa shape index (κ3) is 3.52. The van der Waals surface area contributed by atoms with Gasteiger partial charge in [-0.1, -0.05) is 24.3 Å². The topological polar surface area (TPSA) is 36.4 Å². The minimum absolute atomic E-state index is 0.104. The molecule has 1 amide bonds. The summed E-state index contributed by atoms with van der Waals surface area (Å²) in [4.78, 5) is 20.9. The number of hydrogen-bond donors (Lipinski definition) is 0. The molecule has 28 heavy (non-hydrogen) atoms. The third-order valence-electron chi connectivity index (χ3n) is 4.97. The zero-order chi connectivity index (χ0) is 19.7. The van der Waals surface area contributed by atoms with Gasteiger partial charge in [-0.2, -0.15) is 13.2 Å². The van der Waals surface area contributed by atoms with Crippen LogP contribution in [0.3, 0.4) is 0 Å². The summed E-state index contributed by atoms with van der Waals surface area (Å²) in [6.07, 6.45) is -2.71. The van der Waals surface area contributed by atoms with E-state index in [2.05, 4.69) is 4.98 Å². The number of pyridine rings is 1. The SMILES string of the molecule is O=C(c1cccc2cccnc12)N1CCN(c2cccc(C(F)(F)F)c2)CC1. The van der Waals surface area contributed by atoms with Gasteiger partial charge in [-0.3, -0.25) is 9.78 Å². The minimum Gasteiger partial charge on any atom is -0.368 e. The molecule has 1 aliphatic rings. The van der Waals surface area contributed by atoms with Crippen LogP contribution in [0.15, 0.2) is 60.8 Å². The van der Waals surface area contributed by atoms with Gasteiger partial charge in [0.1, 0.15) is 0 Å². The Kier molecular flexibility index (Phi) is 4.66. The van der Waals surface area contributed by atoms with Crippen molar-refractivity contribution < 1.29 is 18.0 Å². The fourth-order valence-corrected chi connectivity index (χ4v) is 3.49. The van der Waals surface area contributed by atoms with Gasteiger partial charge in [-0.05, 0) is 30.3 Å². The highest BCUT2D eigenvalue weighted by Gasteiger charge is 2.31. The van der Waals surface area contributed by atoms with Gasteiger partial charge >= 0.3 is 6.18 Å². The van der Waals surface area contributed by atoms with Crippen LogP contribution in [0.2, 0.25) is 0 Å². The molecular formula is C21H18F3N3O. The number of amides is 1. The molecule has 1 saturated heterocycles. The lowest BCUT2D eigenvalue weighted by Gasteiger charge is -2.36. The Morgan fingerprint density at radius 2 is 1.64 bits per heavy atom. The summed E-state index contributed by atoms with van der Waals surface area (Å²) in [5.74, 6) is -0.104. The van der Waals surface area contributed by atoms with Crippen LogP contribution in [0, 0.1) is 0 Å². The Bertz CT molecular complexity index is 1010. The maximum atomic E-state index is 13.0. The van der Waals surface area contributed by atoms with E-state index in [-0.39, 0.29) is 5.91 Å². The van der Waals surface area contributed by atoms with Crippen LogP contribution < -0.4 is 4.90 Å². The first-order chi connectivity index (χ1) is 13.4. The van der Waals surface area contributed by atoms with Crippen LogP contribution in [-0.4, -0.2) is 42.0 Å². The number of carbonyl (C=O) groups is 1. The van der Waals surface area contributed by atoms with E-state index in [1.54, 1.807) is 23.2 Å². The molecule has 0 bridgehead atoms. The van der Waals surface area contributed by atoms with E-state index < -0.39 is 11.7 Å². The minimum atomic E-state index is -4.37. The molecule has 0 saturated carbocycles. The first-order valence-electron chi connectivity index (χ1n) is 8.99. The summed E-state index contributed by atoms with van der Waals surface area (Å²) < 4.78 is 38.8. The summed E-state index contributed by atoms with van der Waals surface area (Å²) in [7, 11) is 0. The van der Waals surface area contributed by atoms with Crippen molar-refractivity contribution in [2.75, 3.05) is 31.1 Å². The molecule has 3 aromatic rings. The van der Waals surface area contributed by atoms with E-state index in [1.165, 1.54) is 6.07 Å². The maximum absolute atomic E-state index is 13.0. The number of hydrogen-bond acceptors (Lipinski definition) is 3. The lowest BCUT2D eigenvalue weighted by molar-refractivity contribution is -0.137. The Morgan fingerprint density at radius 3 is 2.39 bits per heavy atom. The number of para-hydroxylation sites is 1. The van der Waals surface area contributed by atoms with Gasteiger partial charge in [0.25, 0.3) is 5.91 Å². The molecule has 0 unspecified atom stereocenters. The van der Waals surface area contributed by atoms with Crippen LogP contribution in [0.1, 0.15) is 15.9 Å². The Morgan fingerprint density at radius 1 is 0.929 bits per heavy atom. The highest BCUT2D eigenvalue weighted by atomic mass is 19.4. The summed E-state index contributed by atoms with van der Waals surface area (Å²) in [5.41, 5.74) is 1.07. The van der Waals surface area contributed by atoms with Crippen molar-refractivity contribution >= 4 is 22.5 Å². The van der Waals surface area contributed by atoms with Crippen LogP contribution in [0.4, 0.5) is 18.9 Å². The Balaban J connectivity index is 1.49. The molecule has 0 radical (unpaired) electrons. The molecule has 0 spiro atoms. The van der Waals surface area contributed by atoms with Crippen molar-refractivity contribution in [3.05, 3.63) is 71.9 Å². The van der Waals surface area contributed by atoms with Crippen molar-refractivity contribution in [3.8, 4) is 0 Å². The van der Waals surface area contributed by atoms with Crippen LogP contribution in [0.5, 0.6) is 0 Å². The quantitative estimate of drug-likeness (QED) is 0.663. The monoisotopic (exact) mass is 385 g/mol. The molecule has 7 heteroatoms. The molecule has 0 N–H and O–H groups in total. The number of benzene rings is 2. The highest BCUT2D eigenvalue weighted by molar-refractivity contribution is 6.05. The Hall–Kier alpha value is -3.09. The number of nitrogens with zero attached hydrogens (tertiary/aromatic N) is 3. The van der Waals surface area contributed by atoms with Gasteiger partial charge in [0.15, 0.2) is 0 Å². The fraction of sp³-hybridized carbons (Fsp3) is 0.238. The average Bonchev–Trinajstić information content (AvgIpc) is 2.72. The summed E-state index contributed by atoms with van der Waals surface area (Å²) in [5, 5.41) is 0.899. The molecule has 1 aromatic heterocycles.